The zero-order chi connectivity index (χ0) is 53.0. The van der Waals surface area contributed by atoms with Crippen LogP contribution in [0.15, 0.2) is 98.4 Å². The molecule has 0 aliphatic carbocycles. The number of H-pyrrole nitrogens is 2. The molecule has 4 aromatic rings. The lowest BCUT2D eigenvalue weighted by molar-refractivity contribution is 1.26. The summed E-state index contributed by atoms with van der Waals surface area (Å²) in [6.07, 6.45) is 7.28. The molecule has 8 rings (SSSR count). The van der Waals surface area contributed by atoms with E-state index in [-0.39, 0.29) is 22.3 Å². The van der Waals surface area contributed by atoms with Crippen molar-refractivity contribution in [1.29, 1.82) is 52.6 Å². The quantitative estimate of drug-likeness (QED) is 0.188. The fourth-order valence-electron chi connectivity index (χ4n) is 5.60. The van der Waals surface area contributed by atoms with Crippen molar-refractivity contribution in [3.63, 3.8) is 0 Å². The number of hydrogen-bond acceptors (Lipinski definition) is 20. The molecule has 4 aliphatic heterocycles. The van der Waals surface area contributed by atoms with Gasteiger partial charge in [-0.3, -0.25) is 0 Å². The van der Waals surface area contributed by atoms with Gasteiger partial charge in [0.2, 0.25) is 0 Å². The molecule has 0 saturated heterocycles. The van der Waals surface area contributed by atoms with Crippen LogP contribution in [0.2, 0.25) is 0 Å². The van der Waals surface area contributed by atoms with Gasteiger partial charge in [0.1, 0.15) is 82.5 Å². The zero-order valence-electron chi connectivity index (χ0n) is 38.7. The molecule has 72 heavy (non-hydrogen) atoms. The van der Waals surface area contributed by atoms with Gasteiger partial charge < -0.3 is 9.97 Å². The lowest BCUT2D eigenvalue weighted by atomic mass is 10.0. The Bertz CT molecular complexity index is 3140. The van der Waals surface area contributed by atoms with E-state index in [4.69, 9.17) is 52.6 Å². The number of benzene rings is 2. The zero-order valence-corrected chi connectivity index (χ0v) is 45.2. The first-order valence-electron chi connectivity index (χ1n) is 20.0. The summed E-state index contributed by atoms with van der Waals surface area (Å²) < 4.78 is 5.48. The van der Waals surface area contributed by atoms with Crippen molar-refractivity contribution in [2.45, 2.75) is 41.5 Å². The van der Waals surface area contributed by atoms with E-state index in [0.717, 1.165) is 11.6 Å². The second-order valence-corrected chi connectivity index (χ2v) is 21.8. The van der Waals surface area contributed by atoms with E-state index in [9.17, 15) is 0 Å². The van der Waals surface area contributed by atoms with Gasteiger partial charge in [-0.15, -0.1) is 0 Å². The molecular weight excluding hydrogens is 1050 g/mol. The summed E-state index contributed by atoms with van der Waals surface area (Å²) in [5.41, 5.74) is 2.87. The highest BCUT2D eigenvalue weighted by molar-refractivity contribution is 8.35. The summed E-state index contributed by atoms with van der Waals surface area (Å²) >= 11 is 14.3. The molecule has 0 radical (unpaired) electrons. The fourth-order valence-corrected chi connectivity index (χ4v) is 14.4. The van der Waals surface area contributed by atoms with Gasteiger partial charge in [-0.25, -0.2) is 9.97 Å². The third-order valence-electron chi connectivity index (χ3n) is 8.67. The number of aromatic amines is 2. The van der Waals surface area contributed by atoms with Crippen LogP contribution >= 0.6 is 94.1 Å². The molecule has 0 fully saturated rings. The molecule has 0 saturated carbocycles. The maximum absolute atomic E-state index is 8.85. The number of hydrogen-bond donors (Lipinski definition) is 2. The SMILES string of the molecule is C1=CSC(=C2SC=C(c3ncc[nH]3)S2)S1.C1=CSC(=C2SC=C(c3ncc[nH]3)S2)S1.CC#N.CC#N.Cc1cc(=C(C#N)C#N)c(C)cc1=C(C#N)C#N.Cc1cc(=C(C#N)C#N)c(C)cc1=C(C#N)C#N. The largest absolute Gasteiger partial charge is 0.344 e. The number of nitrogens with zero attached hydrogens (tertiary/aromatic N) is 12. The molecule has 22 heteroatoms. The smallest absolute Gasteiger partial charge is 0.144 e. The average molecular weight is 1090 g/mol. The van der Waals surface area contributed by atoms with Crippen LogP contribution in [0, 0.1) is 141 Å². The van der Waals surface area contributed by atoms with E-state index in [1.807, 2.05) is 60.9 Å². The van der Waals surface area contributed by atoms with Crippen molar-refractivity contribution >= 4 is 126 Å². The summed E-state index contributed by atoms with van der Waals surface area (Å²) in [6.45, 7) is 9.80. The van der Waals surface area contributed by atoms with Crippen LogP contribution in [0.1, 0.15) is 47.8 Å². The van der Waals surface area contributed by atoms with Crippen LogP contribution in [0.25, 0.3) is 32.1 Å². The molecule has 2 N–H and O–H groups in total. The van der Waals surface area contributed by atoms with E-state index in [0.29, 0.717) is 43.1 Å². The van der Waals surface area contributed by atoms with Crippen molar-refractivity contribution in [2.24, 2.45) is 0 Å². The van der Waals surface area contributed by atoms with Crippen molar-refractivity contribution in [3.8, 4) is 60.7 Å². The molecule has 0 atom stereocenters. The molecule has 2 aromatic heterocycles. The monoisotopic (exact) mass is 1090 g/mol. The Morgan fingerprint density at radius 2 is 0.653 bits per heavy atom. The minimum atomic E-state index is 0.0256. The topological polar surface area (TPSA) is 295 Å². The van der Waals surface area contributed by atoms with E-state index < -0.39 is 0 Å². The number of aromatic nitrogens is 4. The van der Waals surface area contributed by atoms with E-state index in [2.05, 4.69) is 52.4 Å². The van der Waals surface area contributed by atoms with Crippen molar-refractivity contribution in [3.05, 3.63) is 153 Å². The van der Waals surface area contributed by atoms with Gasteiger partial charge in [-0.05, 0) is 107 Å². The maximum atomic E-state index is 8.85. The predicted molar refractivity (Wildman–Crippen MR) is 298 cm³/mol. The lowest BCUT2D eigenvalue weighted by Gasteiger charge is -2.00. The molecule has 0 amide bonds. The highest BCUT2D eigenvalue weighted by Crippen LogP contribution is 2.56. The number of aryl methyl sites for hydroxylation is 4. The lowest BCUT2D eigenvalue weighted by Crippen LogP contribution is -2.19. The second kappa shape index (κ2) is 31.7. The van der Waals surface area contributed by atoms with Gasteiger partial charge in [0.25, 0.3) is 0 Å². The molecule has 4 aliphatic rings. The molecule has 0 spiro atoms. The standard InChI is InChI=1S/2C14H8N4.2C9H6N2S4.2C2H3N/c2*1-9-3-14(12(7-17)8-18)10(2)4-13(9)11(5-15)6-16;2*1-2-11-7(10-1)6-5-14-9(15-6)8-12-3-4-13-8;2*1-2-3/h2*3-4H,1-2H3;2*1-5H,(H,10,11);2*1H3. The highest BCUT2D eigenvalue weighted by atomic mass is 32.2. The van der Waals surface area contributed by atoms with Crippen LogP contribution in [0.5, 0.6) is 0 Å². The first-order valence-corrected chi connectivity index (χ1v) is 26.9. The maximum Gasteiger partial charge on any atom is 0.144 e. The molecule has 352 valence electrons. The van der Waals surface area contributed by atoms with Crippen molar-refractivity contribution in [2.75, 3.05) is 0 Å². The van der Waals surface area contributed by atoms with Crippen LogP contribution in [-0.4, -0.2) is 19.9 Å². The second-order valence-electron chi connectivity index (χ2n) is 13.3. The molecule has 0 unspecified atom stereocenters. The Morgan fingerprint density at radius 1 is 0.403 bits per heavy atom. The van der Waals surface area contributed by atoms with E-state index in [1.165, 1.54) is 40.6 Å². The van der Waals surface area contributed by atoms with Crippen LogP contribution in [0.3, 0.4) is 0 Å². The number of nitrogens with one attached hydrogen (secondary N) is 2. The molecular formula is C50H34N14S8. The number of rotatable bonds is 2. The Morgan fingerprint density at radius 3 is 0.861 bits per heavy atom. The minimum Gasteiger partial charge on any atom is -0.344 e. The van der Waals surface area contributed by atoms with Crippen LogP contribution in [0.4, 0.5) is 0 Å². The van der Waals surface area contributed by atoms with Gasteiger partial charge in [-0.1, -0.05) is 94.1 Å². The summed E-state index contributed by atoms with van der Waals surface area (Å²) in [4.78, 5) is 17.2. The van der Waals surface area contributed by atoms with Gasteiger partial charge in [-0.2, -0.15) is 52.6 Å². The minimum absolute atomic E-state index is 0.0256. The summed E-state index contributed by atoms with van der Waals surface area (Å²) in [5.74, 6) is 1.92. The fraction of sp³-hybridized carbons (Fsp3) is 0.120. The Kier molecular flexibility index (Phi) is 25.8. The number of imidazole rings is 2. The molecule has 0 bridgehead atoms. The van der Waals surface area contributed by atoms with E-state index >= 15 is 0 Å². The van der Waals surface area contributed by atoms with E-state index in [1.54, 1.807) is 171 Å². The Balaban J connectivity index is 0.000000244. The van der Waals surface area contributed by atoms with Gasteiger partial charge >= 0.3 is 0 Å². The van der Waals surface area contributed by atoms with Crippen molar-refractivity contribution in [1.82, 2.24) is 19.9 Å². The molecule has 2 aromatic carbocycles. The molecule has 14 nitrogen and oxygen atoms in total. The summed E-state index contributed by atoms with van der Waals surface area (Å²) in [5, 5.41) is 100. The van der Waals surface area contributed by atoms with Crippen LogP contribution in [-0.2, 0) is 0 Å². The first kappa shape index (κ1) is 58.8. The third kappa shape index (κ3) is 16.8. The third-order valence-corrected chi connectivity index (χ3v) is 18.7. The van der Waals surface area contributed by atoms with Gasteiger partial charge in [0.05, 0.1) is 38.9 Å². The summed E-state index contributed by atoms with van der Waals surface area (Å²) in [7, 11) is 0. The van der Waals surface area contributed by atoms with Gasteiger partial charge in [0.15, 0.2) is 0 Å². The predicted octanol–water partition coefficient (Wildman–Crippen LogP) is 11.0. The normalized spacial score (nSPS) is 12.8. The number of thioether (sulfide) groups is 8. The van der Waals surface area contributed by atoms with Gasteiger partial charge in [0, 0.05) is 59.5 Å². The van der Waals surface area contributed by atoms with Crippen molar-refractivity contribution < 1.29 is 0 Å². The Labute approximate surface area is 450 Å². The van der Waals surface area contributed by atoms with Crippen LogP contribution < -0.4 is 20.9 Å². The average Bonchev–Trinajstić information content (AvgIpc) is 4.24. The first-order chi connectivity index (χ1) is 34.9. The Hall–Kier alpha value is -7.52. The molecule has 6 heterocycles. The summed E-state index contributed by atoms with van der Waals surface area (Å²) in [6, 6.07) is 24.8. The highest BCUT2D eigenvalue weighted by Gasteiger charge is 2.22. The number of nitriles is 10.